The van der Waals surface area contributed by atoms with Crippen molar-refractivity contribution in [1.82, 2.24) is 5.32 Å². The molecule has 0 spiro atoms. The zero-order chi connectivity index (χ0) is 12.0. The van der Waals surface area contributed by atoms with Crippen LogP contribution in [0, 0.1) is 0 Å². The molecule has 0 aromatic heterocycles. The molecule has 0 bridgehead atoms. The lowest BCUT2D eigenvalue weighted by Crippen LogP contribution is -2.31. The van der Waals surface area contributed by atoms with Gasteiger partial charge in [0, 0.05) is 12.9 Å². The Hall–Kier alpha value is -1.28. The molecule has 0 radical (unpaired) electrons. The fraction of sp³-hybridized carbons (Fsp3) is 0.625. The molecule has 0 aromatic carbocycles. The molecule has 1 aliphatic rings. The first-order valence-corrected chi connectivity index (χ1v) is 5.42. The molecule has 16 heavy (non-hydrogen) atoms. The zero-order valence-electron chi connectivity index (χ0n) is 8.56. The molecule has 1 rings (SSSR count). The number of cyclic esters (lactones) is 2. The van der Waals surface area contributed by atoms with E-state index < -0.39 is 23.4 Å². The maximum absolute atomic E-state index is 11.1. The monoisotopic (exact) mass is 249 g/mol. The van der Waals surface area contributed by atoms with Gasteiger partial charge in [0.05, 0.1) is 6.61 Å². The van der Waals surface area contributed by atoms with Crippen LogP contribution in [0.2, 0.25) is 0 Å². The number of carbonyl (C=O) groups is 3. The number of hydrogen-bond donors (Lipinski definition) is 1. The lowest BCUT2D eigenvalue weighted by Gasteiger charge is -2.05. The summed E-state index contributed by atoms with van der Waals surface area (Å²) in [4.78, 5) is 32.7. The first kappa shape index (κ1) is 12.8. The lowest BCUT2D eigenvalue weighted by molar-refractivity contribution is -0.134. The highest BCUT2D eigenvalue weighted by Gasteiger charge is 2.32. The van der Waals surface area contributed by atoms with E-state index in [0.717, 1.165) is 11.8 Å². The van der Waals surface area contributed by atoms with Crippen LogP contribution in [0.4, 0.5) is 9.59 Å². The molecule has 1 amide bonds. The SMILES string of the molecule is COCCOC(=O)SCC1NC(=O)OC1=O. The van der Waals surface area contributed by atoms with E-state index in [0.29, 0.717) is 6.61 Å². The van der Waals surface area contributed by atoms with Gasteiger partial charge in [0.15, 0.2) is 0 Å². The van der Waals surface area contributed by atoms with Gasteiger partial charge in [0.2, 0.25) is 0 Å². The largest absolute Gasteiger partial charge is 0.455 e. The highest BCUT2D eigenvalue weighted by Crippen LogP contribution is 2.11. The van der Waals surface area contributed by atoms with Crippen molar-refractivity contribution in [3.63, 3.8) is 0 Å². The van der Waals surface area contributed by atoms with Crippen LogP contribution in [0.1, 0.15) is 0 Å². The molecule has 1 unspecified atom stereocenters. The predicted molar refractivity (Wildman–Crippen MR) is 54.1 cm³/mol. The topological polar surface area (TPSA) is 90.9 Å². The fourth-order valence-corrected chi connectivity index (χ4v) is 1.59. The Morgan fingerprint density at radius 3 is 2.81 bits per heavy atom. The van der Waals surface area contributed by atoms with E-state index in [1.807, 2.05) is 0 Å². The molecule has 8 heteroatoms. The van der Waals surface area contributed by atoms with Gasteiger partial charge in [-0.05, 0) is 11.8 Å². The molecule has 1 atom stereocenters. The number of carbonyl (C=O) groups excluding carboxylic acids is 3. The predicted octanol–water partition coefficient (Wildman–Crippen LogP) is 0.138. The van der Waals surface area contributed by atoms with E-state index in [1.54, 1.807) is 0 Å². The van der Waals surface area contributed by atoms with Gasteiger partial charge < -0.3 is 19.5 Å². The van der Waals surface area contributed by atoms with Gasteiger partial charge in [-0.25, -0.2) is 14.4 Å². The molecule has 0 aromatic rings. The van der Waals surface area contributed by atoms with Crippen molar-refractivity contribution in [2.75, 3.05) is 26.1 Å². The first-order valence-electron chi connectivity index (χ1n) is 4.44. The van der Waals surface area contributed by atoms with Gasteiger partial charge in [-0.15, -0.1) is 0 Å². The maximum Gasteiger partial charge on any atom is 0.415 e. The molecular weight excluding hydrogens is 238 g/mol. The Balaban J connectivity index is 2.16. The van der Waals surface area contributed by atoms with Crippen molar-refractivity contribution in [3.05, 3.63) is 0 Å². The summed E-state index contributed by atoms with van der Waals surface area (Å²) in [6.45, 7) is 0.471. The number of esters is 1. The second-order valence-corrected chi connectivity index (χ2v) is 3.76. The number of rotatable bonds is 5. The van der Waals surface area contributed by atoms with Crippen LogP contribution < -0.4 is 5.32 Å². The van der Waals surface area contributed by atoms with E-state index in [4.69, 9.17) is 4.74 Å². The normalized spacial score (nSPS) is 19.2. The Morgan fingerprint density at radius 1 is 1.50 bits per heavy atom. The summed E-state index contributed by atoms with van der Waals surface area (Å²) in [7, 11) is 1.49. The molecule has 1 fully saturated rings. The summed E-state index contributed by atoms with van der Waals surface area (Å²) in [5, 5.41) is 1.74. The average molecular weight is 249 g/mol. The standard InChI is InChI=1S/C8H11NO6S/c1-13-2-3-14-8(12)16-4-5-6(10)15-7(11)9-5/h5H,2-4H2,1H3,(H,9,11). The molecule has 7 nitrogen and oxygen atoms in total. The summed E-state index contributed by atoms with van der Waals surface area (Å²) >= 11 is 0.798. The van der Waals surface area contributed by atoms with Crippen molar-refractivity contribution in [2.45, 2.75) is 6.04 Å². The van der Waals surface area contributed by atoms with Crippen molar-refractivity contribution in [3.8, 4) is 0 Å². The van der Waals surface area contributed by atoms with E-state index in [2.05, 4.69) is 14.8 Å². The van der Waals surface area contributed by atoms with E-state index in [9.17, 15) is 14.4 Å². The fourth-order valence-electron chi connectivity index (χ4n) is 0.904. The first-order chi connectivity index (χ1) is 7.63. The number of hydrogen-bond acceptors (Lipinski definition) is 7. The van der Waals surface area contributed by atoms with Crippen molar-refractivity contribution < 1.29 is 28.6 Å². The molecule has 1 aliphatic heterocycles. The van der Waals surface area contributed by atoms with E-state index in [1.165, 1.54) is 7.11 Å². The Labute approximate surface area is 95.8 Å². The molecule has 1 N–H and O–H groups in total. The quantitative estimate of drug-likeness (QED) is 0.421. The van der Waals surface area contributed by atoms with Crippen molar-refractivity contribution in [2.24, 2.45) is 0 Å². The number of amides is 1. The number of ether oxygens (including phenoxy) is 3. The number of nitrogens with one attached hydrogen (secondary N) is 1. The van der Waals surface area contributed by atoms with E-state index in [-0.39, 0.29) is 12.4 Å². The summed E-state index contributed by atoms with van der Waals surface area (Å²) in [5.41, 5.74) is 0. The molecule has 1 heterocycles. The number of alkyl carbamates (subject to hydrolysis) is 1. The minimum Gasteiger partial charge on any atom is -0.455 e. The van der Waals surface area contributed by atoms with Crippen molar-refractivity contribution >= 4 is 29.1 Å². The summed E-state index contributed by atoms with van der Waals surface area (Å²) in [6, 6.07) is -0.785. The number of methoxy groups -OCH3 is 1. The maximum atomic E-state index is 11.1. The molecule has 1 saturated heterocycles. The summed E-state index contributed by atoms with van der Waals surface area (Å²) in [5.74, 6) is -0.585. The molecule has 90 valence electrons. The van der Waals surface area contributed by atoms with Crippen LogP contribution in [0.5, 0.6) is 0 Å². The van der Waals surface area contributed by atoms with Gasteiger partial charge in [-0.1, -0.05) is 0 Å². The van der Waals surface area contributed by atoms with E-state index >= 15 is 0 Å². The van der Waals surface area contributed by atoms with Crippen LogP contribution in [-0.2, 0) is 19.0 Å². The third kappa shape index (κ3) is 4.07. The van der Waals surface area contributed by atoms with Gasteiger partial charge in [0.25, 0.3) is 0 Å². The molecule has 0 saturated carbocycles. The zero-order valence-corrected chi connectivity index (χ0v) is 9.37. The van der Waals surface area contributed by atoms with Crippen molar-refractivity contribution in [1.29, 1.82) is 0 Å². The highest BCUT2D eigenvalue weighted by molar-refractivity contribution is 8.13. The Bertz CT molecular complexity index is 294. The third-order valence-corrected chi connectivity index (χ3v) is 2.50. The minimum absolute atomic E-state index is 0.0936. The van der Waals surface area contributed by atoms with Crippen LogP contribution in [-0.4, -0.2) is 49.5 Å². The summed E-state index contributed by atoms with van der Waals surface area (Å²) < 4.78 is 13.7. The minimum atomic E-state index is -0.789. The second kappa shape index (κ2) is 6.33. The summed E-state index contributed by atoms with van der Waals surface area (Å²) in [6.07, 6.45) is -0.789. The van der Waals surface area contributed by atoms with Crippen LogP contribution in [0.25, 0.3) is 0 Å². The van der Waals surface area contributed by atoms with Gasteiger partial charge >= 0.3 is 17.4 Å². The molecule has 0 aliphatic carbocycles. The van der Waals surface area contributed by atoms with Crippen LogP contribution in [0.3, 0.4) is 0 Å². The second-order valence-electron chi connectivity index (χ2n) is 2.81. The van der Waals surface area contributed by atoms with Gasteiger partial charge in [-0.2, -0.15) is 0 Å². The van der Waals surface area contributed by atoms with Crippen LogP contribution in [0.15, 0.2) is 0 Å². The third-order valence-electron chi connectivity index (χ3n) is 1.65. The number of thioether (sulfide) groups is 1. The lowest BCUT2D eigenvalue weighted by atomic mass is 10.4. The van der Waals surface area contributed by atoms with Crippen LogP contribution >= 0.6 is 11.8 Å². The average Bonchev–Trinajstić information content (AvgIpc) is 2.55. The Kier molecular flexibility index (Phi) is 5.06. The highest BCUT2D eigenvalue weighted by atomic mass is 32.2. The Morgan fingerprint density at radius 2 is 2.25 bits per heavy atom. The van der Waals surface area contributed by atoms with Gasteiger partial charge in [-0.3, -0.25) is 0 Å². The molecular formula is C8H11NO6S. The van der Waals surface area contributed by atoms with Gasteiger partial charge in [0.1, 0.15) is 12.6 Å². The smallest absolute Gasteiger partial charge is 0.415 e.